The fraction of sp³-hybridized carbons (Fsp3) is 0.444. The lowest BCUT2D eigenvalue weighted by Gasteiger charge is -2.23. The maximum absolute atomic E-state index is 14.8. The molecule has 1 aromatic heterocycles. The first kappa shape index (κ1) is 17.0. The zero-order valence-corrected chi connectivity index (χ0v) is 14.5. The lowest BCUT2D eigenvalue weighted by atomic mass is 10.1. The summed E-state index contributed by atoms with van der Waals surface area (Å²) in [4.78, 5) is 25.8. The van der Waals surface area contributed by atoms with E-state index in [0.29, 0.717) is 24.3 Å². The maximum atomic E-state index is 14.8. The largest absolute Gasteiger partial charge is 0.477 e. The smallest absolute Gasteiger partial charge is 0.341 e. The Hall–Kier alpha value is -2.45. The van der Waals surface area contributed by atoms with Gasteiger partial charge in [-0.1, -0.05) is 0 Å². The number of hydrogen-bond donors (Lipinski definition) is 2. The zero-order chi connectivity index (χ0) is 18.6. The Kier molecular flexibility index (Phi) is 3.96. The van der Waals surface area contributed by atoms with Gasteiger partial charge in [0, 0.05) is 43.8 Å². The summed E-state index contributed by atoms with van der Waals surface area (Å²) in [6, 6.07) is 3.16. The van der Waals surface area contributed by atoms with Gasteiger partial charge in [0.05, 0.1) is 11.2 Å². The fourth-order valence-electron chi connectivity index (χ4n) is 3.70. The van der Waals surface area contributed by atoms with Crippen LogP contribution in [0.3, 0.4) is 0 Å². The minimum absolute atomic E-state index is 0.115. The number of hydrogen-bond acceptors (Lipinski definition) is 5. The molecule has 0 radical (unpaired) electrons. The molecular weight excluding hydrogens is 339 g/mol. The van der Waals surface area contributed by atoms with Gasteiger partial charge < -0.3 is 14.6 Å². The number of fused-ring (bicyclic) bond motifs is 1. The summed E-state index contributed by atoms with van der Waals surface area (Å²) in [7, 11) is 1.79. The van der Waals surface area contributed by atoms with Gasteiger partial charge in [-0.2, -0.15) is 0 Å². The van der Waals surface area contributed by atoms with Gasteiger partial charge in [0.2, 0.25) is 5.43 Å². The molecule has 1 aliphatic carbocycles. The first-order valence-electron chi connectivity index (χ1n) is 8.71. The zero-order valence-electron chi connectivity index (χ0n) is 14.5. The number of carbonyl (C=O) groups is 1. The van der Waals surface area contributed by atoms with Crippen LogP contribution in [0.25, 0.3) is 10.9 Å². The summed E-state index contributed by atoms with van der Waals surface area (Å²) >= 11 is 0. The van der Waals surface area contributed by atoms with Gasteiger partial charge in [-0.3, -0.25) is 10.6 Å². The molecule has 2 aromatic rings. The number of halogens is 1. The van der Waals surface area contributed by atoms with E-state index in [4.69, 9.17) is 5.84 Å². The van der Waals surface area contributed by atoms with Crippen molar-refractivity contribution in [3.05, 3.63) is 39.9 Å². The molecule has 1 saturated carbocycles. The Balaban J connectivity index is 1.86. The van der Waals surface area contributed by atoms with Crippen molar-refractivity contribution in [3.63, 3.8) is 0 Å². The van der Waals surface area contributed by atoms with Crippen molar-refractivity contribution >= 4 is 22.6 Å². The number of pyridine rings is 1. The van der Waals surface area contributed by atoms with Crippen LogP contribution >= 0.6 is 0 Å². The van der Waals surface area contributed by atoms with Crippen LogP contribution in [0.2, 0.25) is 0 Å². The van der Waals surface area contributed by atoms with Crippen molar-refractivity contribution in [2.24, 2.45) is 5.84 Å². The minimum atomic E-state index is -1.29. The van der Waals surface area contributed by atoms with E-state index in [9.17, 15) is 19.1 Å². The fourth-order valence-corrected chi connectivity index (χ4v) is 3.70. The van der Waals surface area contributed by atoms with Crippen LogP contribution in [0.1, 0.15) is 35.7 Å². The average Bonchev–Trinajstić information content (AvgIpc) is 3.30. The standard InChI is InChI=1S/C18H21FN4O3/c1-21(20)11-4-5-22(8-11)16-7-15-12(6-14(16)19)17(24)13(18(25)26)9-23(15)10-2-3-10/h6-7,9-11H,2-5,8,20H2,1H3,(H,25,26)/t11-/m1/s1. The van der Waals surface area contributed by atoms with Crippen molar-refractivity contribution in [1.29, 1.82) is 0 Å². The van der Waals surface area contributed by atoms with E-state index in [1.165, 1.54) is 12.3 Å². The SMILES string of the molecule is CN(N)[C@@H]1CCN(c2cc3c(cc2F)c(=O)c(C(=O)O)cn3C2CC2)C1. The monoisotopic (exact) mass is 360 g/mol. The van der Waals surface area contributed by atoms with Crippen LogP contribution in [-0.4, -0.2) is 46.8 Å². The van der Waals surface area contributed by atoms with Gasteiger partial charge in [-0.25, -0.2) is 14.2 Å². The van der Waals surface area contributed by atoms with E-state index in [1.54, 1.807) is 18.1 Å². The highest BCUT2D eigenvalue weighted by Crippen LogP contribution is 2.38. The molecule has 1 aromatic carbocycles. The van der Waals surface area contributed by atoms with Crippen LogP contribution in [-0.2, 0) is 0 Å². The Morgan fingerprint density at radius 3 is 2.65 bits per heavy atom. The number of rotatable bonds is 4. The number of hydrazine groups is 1. The van der Waals surface area contributed by atoms with Gasteiger partial charge in [-0.15, -0.1) is 0 Å². The van der Waals surface area contributed by atoms with Gasteiger partial charge in [0.15, 0.2) is 0 Å². The molecule has 0 unspecified atom stereocenters. The van der Waals surface area contributed by atoms with Gasteiger partial charge in [0.1, 0.15) is 11.4 Å². The van der Waals surface area contributed by atoms with E-state index < -0.39 is 17.2 Å². The number of carboxylic acids is 1. The van der Waals surface area contributed by atoms with E-state index in [1.807, 2.05) is 9.47 Å². The molecule has 4 rings (SSSR count). The first-order chi connectivity index (χ1) is 12.4. The van der Waals surface area contributed by atoms with Crippen LogP contribution in [0.5, 0.6) is 0 Å². The quantitative estimate of drug-likeness (QED) is 0.635. The molecule has 2 aliphatic rings. The van der Waals surface area contributed by atoms with Crippen LogP contribution in [0, 0.1) is 5.82 Å². The molecule has 1 atom stereocenters. The second-order valence-electron chi connectivity index (χ2n) is 7.19. The Bertz CT molecular complexity index is 952. The number of benzene rings is 1. The molecule has 26 heavy (non-hydrogen) atoms. The number of likely N-dealkylation sites (N-methyl/N-ethyl adjacent to an activating group) is 1. The van der Waals surface area contributed by atoms with Gasteiger partial charge in [-0.05, 0) is 31.4 Å². The Morgan fingerprint density at radius 1 is 1.35 bits per heavy atom. The predicted molar refractivity (Wildman–Crippen MR) is 96.0 cm³/mol. The summed E-state index contributed by atoms with van der Waals surface area (Å²) in [5.74, 6) is 4.01. The van der Waals surface area contributed by atoms with Crippen molar-refractivity contribution in [1.82, 2.24) is 9.58 Å². The molecule has 0 bridgehead atoms. The number of carboxylic acid groups (broad SMARTS) is 1. The molecule has 0 spiro atoms. The summed E-state index contributed by atoms with van der Waals surface area (Å²) in [5, 5.41) is 11.1. The third-order valence-electron chi connectivity index (χ3n) is 5.35. The number of aromatic carboxylic acids is 1. The molecule has 8 heteroatoms. The minimum Gasteiger partial charge on any atom is -0.477 e. The number of nitrogens with two attached hydrogens (primary N) is 1. The molecule has 7 nitrogen and oxygen atoms in total. The van der Waals surface area contributed by atoms with Crippen molar-refractivity contribution in [3.8, 4) is 0 Å². The first-order valence-corrected chi connectivity index (χ1v) is 8.71. The average molecular weight is 360 g/mol. The molecule has 2 fully saturated rings. The van der Waals surface area contributed by atoms with Gasteiger partial charge in [0.25, 0.3) is 0 Å². The molecule has 2 heterocycles. The third kappa shape index (κ3) is 2.75. The maximum Gasteiger partial charge on any atom is 0.341 e. The molecular formula is C18H21FN4O3. The van der Waals surface area contributed by atoms with E-state index in [-0.39, 0.29) is 23.0 Å². The molecule has 0 amide bonds. The van der Waals surface area contributed by atoms with E-state index in [0.717, 1.165) is 19.3 Å². The highest BCUT2D eigenvalue weighted by Gasteiger charge is 2.30. The summed E-state index contributed by atoms with van der Waals surface area (Å²) in [6.45, 7) is 1.28. The highest BCUT2D eigenvalue weighted by atomic mass is 19.1. The summed E-state index contributed by atoms with van der Waals surface area (Å²) in [6.07, 6.45) is 4.08. The van der Waals surface area contributed by atoms with E-state index >= 15 is 0 Å². The lowest BCUT2D eigenvalue weighted by molar-refractivity contribution is 0.0695. The number of nitrogens with zero attached hydrogens (tertiary/aromatic N) is 3. The third-order valence-corrected chi connectivity index (χ3v) is 5.35. The topological polar surface area (TPSA) is 91.8 Å². The summed E-state index contributed by atoms with van der Waals surface area (Å²) < 4.78 is 16.6. The van der Waals surface area contributed by atoms with Crippen molar-refractivity contribution in [2.45, 2.75) is 31.3 Å². The molecule has 3 N–H and O–H groups in total. The normalized spacial score (nSPS) is 20.3. The van der Waals surface area contributed by atoms with Crippen LogP contribution in [0.4, 0.5) is 10.1 Å². The lowest BCUT2D eigenvalue weighted by Crippen LogP contribution is -2.39. The van der Waals surface area contributed by atoms with Crippen LogP contribution in [0.15, 0.2) is 23.1 Å². The summed E-state index contributed by atoms with van der Waals surface area (Å²) in [5.41, 5.74) is 0.0561. The predicted octanol–water partition coefficient (Wildman–Crippen LogP) is 1.56. The van der Waals surface area contributed by atoms with Crippen LogP contribution < -0.4 is 16.2 Å². The van der Waals surface area contributed by atoms with Gasteiger partial charge >= 0.3 is 5.97 Å². The van der Waals surface area contributed by atoms with Crippen molar-refractivity contribution < 1.29 is 14.3 Å². The van der Waals surface area contributed by atoms with E-state index in [2.05, 4.69) is 0 Å². The second-order valence-corrected chi connectivity index (χ2v) is 7.19. The van der Waals surface area contributed by atoms with Crippen molar-refractivity contribution in [2.75, 3.05) is 25.0 Å². The Labute approximate surface area is 149 Å². The number of anilines is 1. The second kappa shape index (κ2) is 6.07. The molecule has 1 saturated heterocycles. The molecule has 138 valence electrons. The highest BCUT2D eigenvalue weighted by molar-refractivity contribution is 5.93. The Morgan fingerprint density at radius 2 is 2.08 bits per heavy atom. The number of aromatic nitrogens is 1. The molecule has 1 aliphatic heterocycles.